The summed E-state index contributed by atoms with van der Waals surface area (Å²) in [5, 5.41) is 6.77. The fraction of sp³-hybridized carbons (Fsp3) is 0.300. The van der Waals surface area contributed by atoms with Crippen LogP contribution in [0.3, 0.4) is 0 Å². The molecule has 1 N–H and O–H groups in total. The number of pyridine rings is 1. The van der Waals surface area contributed by atoms with E-state index < -0.39 is 0 Å². The second-order valence-electron chi connectivity index (χ2n) is 6.95. The molecule has 1 aromatic carbocycles. The first-order valence-corrected chi connectivity index (χ1v) is 9.06. The second-order valence-corrected chi connectivity index (χ2v) is 7.81. The first-order chi connectivity index (χ1) is 11.5. The lowest BCUT2D eigenvalue weighted by molar-refractivity contribution is 0.270. The van der Waals surface area contributed by atoms with Gasteiger partial charge in [0.05, 0.1) is 11.4 Å². The molecule has 0 bridgehead atoms. The Morgan fingerprint density at radius 3 is 2.46 bits per heavy atom. The van der Waals surface area contributed by atoms with E-state index in [1.54, 1.807) is 17.5 Å². The van der Waals surface area contributed by atoms with Gasteiger partial charge < -0.3 is 5.32 Å². The fourth-order valence-electron chi connectivity index (χ4n) is 2.77. The Bertz CT molecular complexity index is 760. The standard InChI is InChI=1S/C20H23N3S/c1-20(2,3)18(15-9-5-4-6-10-15)22-13-16-14-24-19(23-16)17-11-7-8-12-21-17/h4-12,14,18,22H,13H2,1-3H3. The molecule has 3 rings (SSSR count). The van der Waals surface area contributed by atoms with E-state index in [0.29, 0.717) is 0 Å². The van der Waals surface area contributed by atoms with Crippen LogP contribution in [0, 0.1) is 5.41 Å². The molecule has 0 fully saturated rings. The normalized spacial score (nSPS) is 13.0. The van der Waals surface area contributed by atoms with Gasteiger partial charge in [-0.3, -0.25) is 4.98 Å². The van der Waals surface area contributed by atoms with Crippen molar-refractivity contribution in [3.05, 3.63) is 71.4 Å². The molecular formula is C20H23N3S. The van der Waals surface area contributed by atoms with Crippen LogP contribution in [-0.4, -0.2) is 9.97 Å². The maximum Gasteiger partial charge on any atom is 0.142 e. The number of thiazole rings is 1. The van der Waals surface area contributed by atoms with Gasteiger partial charge in [0.15, 0.2) is 0 Å². The molecule has 4 heteroatoms. The van der Waals surface area contributed by atoms with E-state index in [0.717, 1.165) is 22.9 Å². The van der Waals surface area contributed by atoms with Crippen molar-refractivity contribution in [1.29, 1.82) is 0 Å². The summed E-state index contributed by atoms with van der Waals surface area (Å²) in [6.45, 7) is 7.54. The summed E-state index contributed by atoms with van der Waals surface area (Å²) in [6, 6.07) is 16.8. The highest BCUT2D eigenvalue weighted by atomic mass is 32.1. The molecule has 3 aromatic rings. The highest BCUT2D eigenvalue weighted by Gasteiger charge is 2.25. The summed E-state index contributed by atoms with van der Waals surface area (Å²) < 4.78 is 0. The molecule has 24 heavy (non-hydrogen) atoms. The zero-order valence-electron chi connectivity index (χ0n) is 14.4. The number of aromatic nitrogens is 2. The highest BCUT2D eigenvalue weighted by Crippen LogP contribution is 2.33. The minimum absolute atomic E-state index is 0.126. The Balaban J connectivity index is 1.73. The van der Waals surface area contributed by atoms with Gasteiger partial charge in [0.25, 0.3) is 0 Å². The third-order valence-corrected chi connectivity index (χ3v) is 4.84. The predicted octanol–water partition coefficient (Wildman–Crippen LogP) is 5.08. The Hall–Kier alpha value is -2.04. The van der Waals surface area contributed by atoms with Crippen LogP contribution in [0.4, 0.5) is 0 Å². The number of rotatable bonds is 5. The van der Waals surface area contributed by atoms with Crippen LogP contribution in [0.5, 0.6) is 0 Å². The zero-order valence-corrected chi connectivity index (χ0v) is 15.2. The molecule has 0 aliphatic rings. The molecule has 2 aromatic heterocycles. The molecule has 1 unspecified atom stereocenters. The summed E-state index contributed by atoms with van der Waals surface area (Å²) in [5.74, 6) is 0. The molecule has 0 radical (unpaired) electrons. The van der Waals surface area contributed by atoms with E-state index in [9.17, 15) is 0 Å². The number of nitrogens with one attached hydrogen (secondary N) is 1. The maximum atomic E-state index is 4.72. The number of nitrogens with zero attached hydrogens (tertiary/aromatic N) is 2. The van der Waals surface area contributed by atoms with Crippen molar-refractivity contribution in [2.45, 2.75) is 33.4 Å². The van der Waals surface area contributed by atoms with Crippen LogP contribution in [0.1, 0.15) is 38.1 Å². The van der Waals surface area contributed by atoms with Crippen LogP contribution in [0.2, 0.25) is 0 Å². The third kappa shape index (κ3) is 4.08. The van der Waals surface area contributed by atoms with Crippen molar-refractivity contribution in [2.24, 2.45) is 5.41 Å². The summed E-state index contributed by atoms with van der Waals surface area (Å²) in [5.41, 5.74) is 3.43. The summed E-state index contributed by atoms with van der Waals surface area (Å²) in [4.78, 5) is 9.09. The number of benzene rings is 1. The monoisotopic (exact) mass is 337 g/mol. The molecule has 0 saturated heterocycles. The smallest absolute Gasteiger partial charge is 0.142 e. The van der Waals surface area contributed by atoms with Gasteiger partial charge >= 0.3 is 0 Å². The van der Waals surface area contributed by atoms with Crippen molar-refractivity contribution in [3.63, 3.8) is 0 Å². The van der Waals surface area contributed by atoms with Crippen LogP contribution in [0.15, 0.2) is 60.1 Å². The summed E-state index contributed by atoms with van der Waals surface area (Å²) >= 11 is 1.64. The van der Waals surface area contributed by atoms with Gasteiger partial charge in [0.1, 0.15) is 5.01 Å². The molecular weight excluding hydrogens is 314 g/mol. The van der Waals surface area contributed by atoms with Crippen molar-refractivity contribution in [1.82, 2.24) is 15.3 Å². The van der Waals surface area contributed by atoms with E-state index >= 15 is 0 Å². The van der Waals surface area contributed by atoms with Gasteiger partial charge in [-0.05, 0) is 23.1 Å². The summed E-state index contributed by atoms with van der Waals surface area (Å²) in [7, 11) is 0. The Morgan fingerprint density at radius 1 is 1.04 bits per heavy atom. The minimum Gasteiger partial charge on any atom is -0.304 e. The maximum absolute atomic E-state index is 4.72. The van der Waals surface area contributed by atoms with Crippen LogP contribution < -0.4 is 5.32 Å². The van der Waals surface area contributed by atoms with Gasteiger partial charge in [0.2, 0.25) is 0 Å². The van der Waals surface area contributed by atoms with E-state index in [2.05, 4.69) is 66.8 Å². The summed E-state index contributed by atoms with van der Waals surface area (Å²) in [6.07, 6.45) is 1.81. The van der Waals surface area contributed by atoms with E-state index in [1.165, 1.54) is 5.56 Å². The van der Waals surface area contributed by atoms with Crippen LogP contribution in [0.25, 0.3) is 10.7 Å². The Morgan fingerprint density at radius 2 is 1.79 bits per heavy atom. The second kappa shape index (κ2) is 7.24. The third-order valence-electron chi connectivity index (χ3n) is 3.92. The highest BCUT2D eigenvalue weighted by molar-refractivity contribution is 7.13. The molecule has 0 aliphatic carbocycles. The average molecular weight is 337 g/mol. The van der Waals surface area contributed by atoms with Gasteiger partial charge in [0, 0.05) is 24.2 Å². The zero-order chi connectivity index (χ0) is 17.0. The van der Waals surface area contributed by atoms with Crippen molar-refractivity contribution in [2.75, 3.05) is 0 Å². The van der Waals surface area contributed by atoms with E-state index in [4.69, 9.17) is 4.98 Å². The largest absolute Gasteiger partial charge is 0.304 e. The lowest BCUT2D eigenvalue weighted by atomic mass is 9.82. The lowest BCUT2D eigenvalue weighted by Crippen LogP contribution is -2.32. The molecule has 3 nitrogen and oxygen atoms in total. The quantitative estimate of drug-likeness (QED) is 0.705. The van der Waals surface area contributed by atoms with Crippen molar-refractivity contribution in [3.8, 4) is 10.7 Å². The number of hydrogen-bond acceptors (Lipinski definition) is 4. The first kappa shape index (κ1) is 16.8. The van der Waals surface area contributed by atoms with Gasteiger partial charge in [-0.1, -0.05) is 57.2 Å². The topological polar surface area (TPSA) is 37.8 Å². The molecule has 0 amide bonds. The molecule has 0 saturated carbocycles. The molecule has 0 spiro atoms. The molecule has 1 atom stereocenters. The van der Waals surface area contributed by atoms with E-state index in [1.807, 2.05) is 18.2 Å². The SMILES string of the molecule is CC(C)(C)C(NCc1csc(-c2ccccn2)n1)c1ccccc1. The predicted molar refractivity (Wildman–Crippen MR) is 101 cm³/mol. The Labute approximate surface area is 147 Å². The van der Waals surface area contributed by atoms with Gasteiger partial charge in [-0.25, -0.2) is 4.98 Å². The molecule has 124 valence electrons. The number of hydrogen-bond donors (Lipinski definition) is 1. The van der Waals surface area contributed by atoms with Crippen LogP contribution >= 0.6 is 11.3 Å². The average Bonchev–Trinajstić information content (AvgIpc) is 3.05. The van der Waals surface area contributed by atoms with Gasteiger partial charge in [-0.2, -0.15) is 0 Å². The molecule has 0 aliphatic heterocycles. The Kier molecular flexibility index (Phi) is 5.07. The van der Waals surface area contributed by atoms with Crippen molar-refractivity contribution < 1.29 is 0 Å². The first-order valence-electron chi connectivity index (χ1n) is 8.18. The van der Waals surface area contributed by atoms with Gasteiger partial charge in [-0.15, -0.1) is 11.3 Å². The fourth-order valence-corrected chi connectivity index (χ4v) is 3.57. The van der Waals surface area contributed by atoms with Crippen LogP contribution in [-0.2, 0) is 6.54 Å². The lowest BCUT2D eigenvalue weighted by Gasteiger charge is -2.32. The van der Waals surface area contributed by atoms with Crippen molar-refractivity contribution >= 4 is 11.3 Å². The van der Waals surface area contributed by atoms with E-state index in [-0.39, 0.29) is 11.5 Å². The molecule has 2 heterocycles. The minimum atomic E-state index is 0.126.